The van der Waals surface area contributed by atoms with Gasteiger partial charge in [-0.05, 0) is 66.2 Å². The minimum absolute atomic E-state index is 0.110. The van der Waals surface area contributed by atoms with E-state index in [1.807, 2.05) is 50.2 Å². The van der Waals surface area contributed by atoms with Gasteiger partial charge < -0.3 is 5.32 Å². The third-order valence-corrected chi connectivity index (χ3v) is 4.73. The van der Waals surface area contributed by atoms with Crippen molar-refractivity contribution in [2.75, 3.05) is 5.32 Å². The van der Waals surface area contributed by atoms with Crippen LogP contribution in [0.5, 0.6) is 0 Å². The van der Waals surface area contributed by atoms with Gasteiger partial charge >= 0.3 is 0 Å². The molecule has 6 nitrogen and oxygen atoms in total. The maximum atomic E-state index is 12.4. The minimum atomic E-state index is -0.363. The summed E-state index contributed by atoms with van der Waals surface area (Å²) in [6.45, 7) is 3.80. The normalized spacial score (nSPS) is 12.0. The molecular weight excluding hydrogens is 358 g/mol. The molecule has 1 amide bonds. The molecule has 1 N–H and O–H groups in total. The summed E-state index contributed by atoms with van der Waals surface area (Å²) in [5.74, 6) is -0.110. The van der Waals surface area contributed by atoms with Crippen LogP contribution in [0.1, 0.15) is 12.5 Å². The second kappa shape index (κ2) is 7.67. The largest absolute Gasteiger partial charge is 0.325 e. The summed E-state index contributed by atoms with van der Waals surface area (Å²) in [5.41, 5.74) is 2.64. The molecule has 25 heavy (non-hydrogen) atoms. The zero-order valence-electron chi connectivity index (χ0n) is 13.7. The van der Waals surface area contributed by atoms with Gasteiger partial charge in [0.2, 0.25) is 11.1 Å². The quantitative estimate of drug-likeness (QED) is 0.689. The topological polar surface area (TPSA) is 72.7 Å². The smallest absolute Gasteiger partial charge is 0.237 e. The fourth-order valence-corrected chi connectivity index (χ4v) is 3.11. The van der Waals surface area contributed by atoms with Crippen molar-refractivity contribution in [3.8, 4) is 5.69 Å². The molecule has 0 saturated heterocycles. The lowest BCUT2D eigenvalue weighted by Crippen LogP contribution is -2.23. The maximum absolute atomic E-state index is 12.4. The van der Waals surface area contributed by atoms with Crippen LogP contribution in [0.3, 0.4) is 0 Å². The number of nitrogens with one attached hydrogen (secondary N) is 1. The van der Waals surface area contributed by atoms with Gasteiger partial charge in [0, 0.05) is 10.7 Å². The number of hydrogen-bond donors (Lipinski definition) is 1. The third kappa shape index (κ3) is 4.37. The highest BCUT2D eigenvalue weighted by Gasteiger charge is 2.19. The molecular formula is C17H16ClN5OS. The summed E-state index contributed by atoms with van der Waals surface area (Å²) in [6.07, 6.45) is 0. The van der Waals surface area contributed by atoms with Gasteiger partial charge in [-0.15, -0.1) is 5.10 Å². The number of aryl methyl sites for hydroxylation is 1. The monoisotopic (exact) mass is 373 g/mol. The first-order chi connectivity index (χ1) is 12.0. The zero-order chi connectivity index (χ0) is 17.8. The predicted molar refractivity (Wildman–Crippen MR) is 99.3 cm³/mol. The second-order valence-corrected chi connectivity index (χ2v) is 7.21. The number of amides is 1. The Kier molecular flexibility index (Phi) is 5.35. The Hall–Kier alpha value is -2.38. The number of tetrazole rings is 1. The summed E-state index contributed by atoms with van der Waals surface area (Å²) in [7, 11) is 0. The van der Waals surface area contributed by atoms with Crippen molar-refractivity contribution in [2.45, 2.75) is 24.3 Å². The highest BCUT2D eigenvalue weighted by atomic mass is 35.5. The number of anilines is 1. The molecule has 3 rings (SSSR count). The van der Waals surface area contributed by atoms with Crippen LogP contribution in [-0.2, 0) is 4.79 Å². The van der Waals surface area contributed by atoms with E-state index in [-0.39, 0.29) is 11.2 Å². The first kappa shape index (κ1) is 17.4. The van der Waals surface area contributed by atoms with Gasteiger partial charge in [0.15, 0.2) is 0 Å². The molecule has 0 bridgehead atoms. The number of carbonyl (C=O) groups is 1. The van der Waals surface area contributed by atoms with Crippen molar-refractivity contribution in [2.24, 2.45) is 0 Å². The van der Waals surface area contributed by atoms with E-state index in [2.05, 4.69) is 20.8 Å². The van der Waals surface area contributed by atoms with E-state index in [0.29, 0.717) is 10.2 Å². The molecule has 2 aromatic carbocycles. The average molecular weight is 374 g/mol. The molecule has 0 radical (unpaired) electrons. The van der Waals surface area contributed by atoms with E-state index in [1.165, 1.54) is 11.8 Å². The van der Waals surface area contributed by atoms with Crippen LogP contribution in [0.2, 0.25) is 5.02 Å². The third-order valence-electron chi connectivity index (χ3n) is 3.45. The number of nitrogens with zero attached hydrogens (tertiary/aromatic N) is 4. The number of rotatable bonds is 5. The molecule has 0 aliphatic rings. The molecule has 0 aliphatic heterocycles. The molecule has 128 valence electrons. The molecule has 1 aromatic heterocycles. The summed E-state index contributed by atoms with van der Waals surface area (Å²) in [4.78, 5) is 12.4. The Balaban J connectivity index is 1.71. The van der Waals surface area contributed by atoms with Crippen molar-refractivity contribution in [3.05, 3.63) is 59.1 Å². The molecule has 0 aliphatic carbocycles. The van der Waals surface area contributed by atoms with Gasteiger partial charge in [0.25, 0.3) is 0 Å². The molecule has 0 fully saturated rings. The Morgan fingerprint density at radius 2 is 2.00 bits per heavy atom. The lowest BCUT2D eigenvalue weighted by atomic mass is 10.2. The number of aromatic nitrogens is 4. The van der Waals surface area contributed by atoms with E-state index in [9.17, 15) is 4.79 Å². The zero-order valence-corrected chi connectivity index (χ0v) is 15.3. The Labute approximate surface area is 154 Å². The van der Waals surface area contributed by atoms with Crippen LogP contribution in [0.15, 0.2) is 53.7 Å². The van der Waals surface area contributed by atoms with Crippen LogP contribution in [-0.4, -0.2) is 31.4 Å². The Morgan fingerprint density at radius 3 is 2.72 bits per heavy atom. The van der Waals surface area contributed by atoms with Gasteiger partial charge in [-0.3, -0.25) is 4.79 Å². The van der Waals surface area contributed by atoms with Crippen LogP contribution in [0.25, 0.3) is 5.69 Å². The summed E-state index contributed by atoms with van der Waals surface area (Å²) >= 11 is 7.20. The van der Waals surface area contributed by atoms with E-state index in [4.69, 9.17) is 11.6 Å². The fraction of sp³-hybridized carbons (Fsp3) is 0.176. The summed E-state index contributed by atoms with van der Waals surface area (Å²) < 4.78 is 1.58. The van der Waals surface area contributed by atoms with Crippen molar-refractivity contribution in [1.29, 1.82) is 0 Å². The SMILES string of the molecule is Cc1cccc(NC(=O)[C@H](C)Sc2nnnn2-c2ccc(Cl)cc2)c1. The minimum Gasteiger partial charge on any atom is -0.325 e. The number of halogens is 1. The highest BCUT2D eigenvalue weighted by molar-refractivity contribution is 8.00. The van der Waals surface area contributed by atoms with E-state index in [0.717, 1.165) is 16.9 Å². The first-order valence-corrected chi connectivity index (χ1v) is 8.87. The van der Waals surface area contributed by atoms with Crippen molar-refractivity contribution < 1.29 is 4.79 Å². The predicted octanol–water partition coefficient (Wildman–Crippen LogP) is 3.74. The lowest BCUT2D eigenvalue weighted by molar-refractivity contribution is -0.115. The van der Waals surface area contributed by atoms with Crippen molar-refractivity contribution in [1.82, 2.24) is 20.2 Å². The second-order valence-electron chi connectivity index (χ2n) is 5.47. The van der Waals surface area contributed by atoms with Gasteiger partial charge in [0.1, 0.15) is 0 Å². The molecule has 1 atom stereocenters. The molecule has 0 saturated carbocycles. The molecule has 3 aromatic rings. The number of thioether (sulfide) groups is 1. The van der Waals surface area contributed by atoms with Gasteiger partial charge in [-0.25, -0.2) is 0 Å². The van der Waals surface area contributed by atoms with Crippen LogP contribution >= 0.6 is 23.4 Å². The van der Waals surface area contributed by atoms with E-state index < -0.39 is 0 Å². The molecule has 0 unspecified atom stereocenters. The Morgan fingerprint density at radius 1 is 1.24 bits per heavy atom. The van der Waals surface area contributed by atoms with Gasteiger partial charge in [-0.1, -0.05) is 35.5 Å². The molecule has 8 heteroatoms. The average Bonchev–Trinajstić information content (AvgIpc) is 3.03. The molecule has 1 heterocycles. The van der Waals surface area contributed by atoms with Crippen LogP contribution in [0, 0.1) is 6.92 Å². The fourth-order valence-electron chi connectivity index (χ4n) is 2.18. The van der Waals surface area contributed by atoms with Crippen molar-refractivity contribution >= 4 is 35.0 Å². The molecule has 0 spiro atoms. The number of carbonyl (C=O) groups excluding carboxylic acids is 1. The van der Waals surface area contributed by atoms with Crippen LogP contribution < -0.4 is 5.32 Å². The van der Waals surface area contributed by atoms with E-state index in [1.54, 1.807) is 16.8 Å². The van der Waals surface area contributed by atoms with Crippen LogP contribution in [0.4, 0.5) is 5.69 Å². The van der Waals surface area contributed by atoms with Gasteiger partial charge in [-0.2, -0.15) is 4.68 Å². The Bertz CT molecular complexity index is 881. The highest BCUT2D eigenvalue weighted by Crippen LogP contribution is 2.24. The van der Waals surface area contributed by atoms with E-state index >= 15 is 0 Å². The van der Waals surface area contributed by atoms with Crippen molar-refractivity contribution in [3.63, 3.8) is 0 Å². The summed E-state index contributed by atoms with van der Waals surface area (Å²) in [5, 5.41) is 15.4. The maximum Gasteiger partial charge on any atom is 0.237 e. The number of hydrogen-bond acceptors (Lipinski definition) is 5. The first-order valence-electron chi connectivity index (χ1n) is 7.61. The van der Waals surface area contributed by atoms with Gasteiger partial charge in [0.05, 0.1) is 10.9 Å². The number of benzene rings is 2. The lowest BCUT2D eigenvalue weighted by Gasteiger charge is -2.12. The standard InChI is InChI=1S/C17H16ClN5OS/c1-11-4-3-5-14(10-11)19-16(24)12(2)25-17-20-21-22-23(17)15-8-6-13(18)7-9-15/h3-10,12H,1-2H3,(H,19,24)/t12-/m0/s1. The summed E-state index contributed by atoms with van der Waals surface area (Å²) in [6, 6.07) is 14.8.